The molecule has 2 saturated heterocycles. The Bertz CT molecular complexity index is 2160. The van der Waals surface area contributed by atoms with Crippen molar-refractivity contribution in [3.05, 3.63) is 113 Å². The topological polar surface area (TPSA) is 201 Å². The molecule has 56 heavy (non-hydrogen) atoms. The number of amides is 4. The molecule has 292 valence electrons. The number of carbonyl (C=O) groups is 4. The molecule has 0 bridgehead atoms. The summed E-state index contributed by atoms with van der Waals surface area (Å²) in [4.78, 5) is 70.4. The highest BCUT2D eigenvalue weighted by Gasteiger charge is 2.66. The molecule has 3 heterocycles. The Kier molecular flexibility index (Phi) is 10.5. The molecule has 3 aliphatic heterocycles. The first-order chi connectivity index (χ1) is 26.7. The number of aliphatic hydroxyl groups excluding tert-OH is 1. The van der Waals surface area contributed by atoms with Gasteiger partial charge in [0.15, 0.2) is 13.9 Å². The standard InChI is InChI=1S/C42H48N6O7Si/c1-25-38(56(2,3)54)36(22-37(50)47-19-5-8-33(47)24-49)55-42(25)34-21-32(46-40(52)28-11-15-30(44)16-12-28)17-18-35(34)48(41(42)53)23-26-6-4-7-31(20-26)45-39(51)27-9-13-29(43)14-10-27/h4,6-7,9-18,20-21,25,33,36,38,49,54H,5,8,19,22-24,43-44H2,1-3H3,(H,45,51)(H,46,52)/t25-,33+,36+,38-,42+/m1/s1. The lowest BCUT2D eigenvalue weighted by Gasteiger charge is -2.33. The largest absolute Gasteiger partial charge is 0.432 e. The minimum absolute atomic E-state index is 0.0593. The fourth-order valence-electron chi connectivity index (χ4n) is 8.76. The predicted octanol–water partition coefficient (Wildman–Crippen LogP) is 5.07. The molecule has 0 radical (unpaired) electrons. The maximum Gasteiger partial charge on any atom is 0.264 e. The molecule has 4 amide bonds. The first-order valence-electron chi connectivity index (χ1n) is 18.9. The van der Waals surface area contributed by atoms with E-state index in [1.165, 1.54) is 0 Å². The molecular formula is C42H48N6O7Si. The molecule has 2 fully saturated rings. The fraction of sp³-hybridized carbons (Fsp3) is 0.333. The zero-order chi connectivity index (χ0) is 39.9. The molecule has 4 aromatic rings. The smallest absolute Gasteiger partial charge is 0.264 e. The number of nitrogens with zero attached hydrogens (tertiary/aromatic N) is 2. The van der Waals surface area contributed by atoms with Gasteiger partial charge in [0.05, 0.1) is 37.4 Å². The van der Waals surface area contributed by atoms with Crippen LogP contribution in [0.5, 0.6) is 0 Å². The van der Waals surface area contributed by atoms with E-state index in [4.69, 9.17) is 16.2 Å². The van der Waals surface area contributed by atoms with Crippen LogP contribution in [0.15, 0.2) is 91.0 Å². The Morgan fingerprint density at radius 1 is 0.893 bits per heavy atom. The summed E-state index contributed by atoms with van der Waals surface area (Å²) in [6.45, 7) is 5.99. The zero-order valence-corrected chi connectivity index (χ0v) is 32.7. The number of nitrogens with two attached hydrogens (primary N) is 2. The first-order valence-corrected chi connectivity index (χ1v) is 21.9. The summed E-state index contributed by atoms with van der Waals surface area (Å²) in [7, 11) is -3.11. The van der Waals surface area contributed by atoms with Crippen LogP contribution in [0.25, 0.3) is 0 Å². The van der Waals surface area contributed by atoms with E-state index in [1.807, 2.05) is 13.0 Å². The number of fused-ring (bicyclic) bond motifs is 2. The van der Waals surface area contributed by atoms with Crippen LogP contribution in [0.2, 0.25) is 18.6 Å². The Morgan fingerprint density at radius 3 is 2.09 bits per heavy atom. The van der Waals surface area contributed by atoms with Gasteiger partial charge >= 0.3 is 0 Å². The summed E-state index contributed by atoms with van der Waals surface area (Å²) >= 11 is 0. The molecule has 7 rings (SSSR count). The van der Waals surface area contributed by atoms with E-state index < -0.39 is 31.5 Å². The Morgan fingerprint density at radius 2 is 1.50 bits per heavy atom. The van der Waals surface area contributed by atoms with Crippen molar-refractivity contribution in [2.24, 2.45) is 5.92 Å². The maximum atomic E-state index is 15.1. The average molecular weight is 777 g/mol. The van der Waals surface area contributed by atoms with E-state index in [0.717, 1.165) is 12.0 Å². The van der Waals surface area contributed by atoms with Crippen LogP contribution in [-0.4, -0.2) is 72.0 Å². The van der Waals surface area contributed by atoms with Gasteiger partial charge in [-0.2, -0.15) is 0 Å². The monoisotopic (exact) mass is 776 g/mol. The molecule has 8 N–H and O–H groups in total. The molecule has 0 aliphatic carbocycles. The van der Waals surface area contributed by atoms with Crippen molar-refractivity contribution in [1.29, 1.82) is 0 Å². The Hall–Kier alpha value is -5.54. The predicted molar refractivity (Wildman–Crippen MR) is 217 cm³/mol. The molecule has 0 aromatic heterocycles. The number of likely N-dealkylation sites (tertiary alicyclic amines) is 1. The molecule has 14 heteroatoms. The van der Waals surface area contributed by atoms with Crippen molar-refractivity contribution in [1.82, 2.24) is 4.90 Å². The van der Waals surface area contributed by atoms with Gasteiger partial charge in [0.2, 0.25) is 5.91 Å². The highest BCUT2D eigenvalue weighted by Crippen LogP contribution is 2.60. The third kappa shape index (κ3) is 7.28. The summed E-state index contributed by atoms with van der Waals surface area (Å²) in [6, 6.07) is 25.3. The van der Waals surface area contributed by atoms with Crippen molar-refractivity contribution in [2.45, 2.75) is 69.1 Å². The summed E-state index contributed by atoms with van der Waals surface area (Å²) in [5.41, 5.74) is 14.2. The van der Waals surface area contributed by atoms with Gasteiger partial charge < -0.3 is 46.5 Å². The number of anilines is 5. The van der Waals surface area contributed by atoms with Crippen LogP contribution in [0.3, 0.4) is 0 Å². The van der Waals surface area contributed by atoms with Crippen molar-refractivity contribution < 1.29 is 33.8 Å². The molecule has 13 nitrogen and oxygen atoms in total. The summed E-state index contributed by atoms with van der Waals surface area (Å²) in [6.07, 6.45) is 0.636. The number of hydrogen-bond donors (Lipinski definition) is 6. The van der Waals surface area contributed by atoms with Gasteiger partial charge in [-0.15, -0.1) is 0 Å². The molecule has 0 saturated carbocycles. The van der Waals surface area contributed by atoms with Crippen LogP contribution >= 0.6 is 0 Å². The van der Waals surface area contributed by atoms with Gasteiger partial charge in [-0.3, -0.25) is 19.2 Å². The zero-order valence-electron chi connectivity index (χ0n) is 31.7. The summed E-state index contributed by atoms with van der Waals surface area (Å²) in [5, 5.41) is 15.8. The van der Waals surface area contributed by atoms with Crippen molar-refractivity contribution in [2.75, 3.05) is 40.2 Å². The number of nitrogen functional groups attached to an aromatic ring is 2. The third-order valence-electron chi connectivity index (χ3n) is 11.4. The molecule has 1 spiro atoms. The molecule has 4 aromatic carbocycles. The lowest BCUT2D eigenvalue weighted by molar-refractivity contribution is -0.150. The Labute approximate surface area is 326 Å². The SMILES string of the molecule is C[C@@H]1[C@@H]([Si](C)(C)O)[C@H](CC(=O)N2CCC[C@H]2CO)O[C@@]12C(=O)N(Cc1cccc(NC(=O)c3ccc(N)cc3)c1)c1ccc(NC(=O)c3ccc(N)cc3)cc12. The first kappa shape index (κ1) is 38.7. The lowest BCUT2D eigenvalue weighted by atomic mass is 9.82. The highest BCUT2D eigenvalue weighted by atomic mass is 28.4. The number of ether oxygens (including phenoxy) is 1. The minimum atomic E-state index is -3.11. The van der Waals surface area contributed by atoms with E-state index in [-0.39, 0.29) is 49.2 Å². The number of benzene rings is 4. The van der Waals surface area contributed by atoms with Gasteiger partial charge in [-0.1, -0.05) is 19.1 Å². The van der Waals surface area contributed by atoms with Crippen molar-refractivity contribution in [3.8, 4) is 0 Å². The van der Waals surface area contributed by atoms with Gasteiger partial charge in [0.1, 0.15) is 0 Å². The molecule has 5 atom stereocenters. The molecule has 0 unspecified atom stereocenters. The summed E-state index contributed by atoms with van der Waals surface area (Å²) in [5.74, 6) is -1.79. The number of carbonyl (C=O) groups excluding carboxylic acids is 4. The lowest BCUT2D eigenvalue weighted by Crippen LogP contribution is -2.46. The number of aliphatic hydroxyl groups is 1. The van der Waals surface area contributed by atoms with Crippen LogP contribution in [0.1, 0.15) is 58.0 Å². The average Bonchev–Trinajstić information content (AvgIpc) is 3.82. The van der Waals surface area contributed by atoms with Gasteiger partial charge in [-0.25, -0.2) is 0 Å². The van der Waals surface area contributed by atoms with Crippen molar-refractivity contribution >= 4 is 60.4 Å². The van der Waals surface area contributed by atoms with Gasteiger partial charge in [0.25, 0.3) is 17.7 Å². The minimum Gasteiger partial charge on any atom is -0.432 e. The molecule has 3 aliphatic rings. The van der Waals surface area contributed by atoms with Crippen LogP contribution in [0, 0.1) is 5.92 Å². The fourth-order valence-corrected chi connectivity index (χ4v) is 11.3. The number of nitrogens with one attached hydrogen (secondary N) is 2. The highest BCUT2D eigenvalue weighted by molar-refractivity contribution is 6.71. The van der Waals surface area contributed by atoms with Crippen molar-refractivity contribution in [3.63, 3.8) is 0 Å². The van der Waals surface area contributed by atoms with E-state index >= 15 is 4.79 Å². The van der Waals surface area contributed by atoms with Crippen LogP contribution < -0.4 is 27.0 Å². The Balaban J connectivity index is 1.24. The molecular weight excluding hydrogens is 729 g/mol. The second-order valence-electron chi connectivity index (χ2n) is 15.6. The van der Waals surface area contributed by atoms with Crippen LogP contribution in [-0.2, 0) is 26.5 Å². The van der Waals surface area contributed by atoms with Gasteiger partial charge in [0, 0.05) is 57.4 Å². The third-order valence-corrected chi connectivity index (χ3v) is 13.9. The quantitative estimate of drug-likeness (QED) is 0.0940. The van der Waals surface area contributed by atoms with E-state index in [9.17, 15) is 24.3 Å². The van der Waals surface area contributed by atoms with Crippen LogP contribution in [0.4, 0.5) is 28.4 Å². The maximum absolute atomic E-state index is 15.1. The van der Waals surface area contributed by atoms with E-state index in [2.05, 4.69) is 10.6 Å². The van der Waals surface area contributed by atoms with Gasteiger partial charge in [-0.05, 0) is 110 Å². The number of rotatable bonds is 10. The number of hydrogen-bond acceptors (Lipinski definition) is 9. The summed E-state index contributed by atoms with van der Waals surface area (Å²) < 4.78 is 6.94. The second-order valence-corrected chi connectivity index (χ2v) is 19.6. The van der Waals surface area contributed by atoms with E-state index in [0.29, 0.717) is 58.1 Å². The van der Waals surface area contributed by atoms with E-state index in [1.54, 1.807) is 108 Å². The second kappa shape index (κ2) is 15.2. The normalized spacial score (nSPS) is 23.1.